The molecule has 7 rings (SSSR count). The van der Waals surface area contributed by atoms with Gasteiger partial charge >= 0.3 is 0 Å². The number of carbonyl (C=O) groups is 3. The van der Waals surface area contributed by atoms with Gasteiger partial charge in [0.05, 0.1) is 18.7 Å². The van der Waals surface area contributed by atoms with Crippen LogP contribution < -0.4 is 5.32 Å². The quantitative estimate of drug-likeness (QED) is 0.203. The van der Waals surface area contributed by atoms with Crippen molar-refractivity contribution < 1.29 is 19.1 Å². The molecular formula is C34H36ClN7O4. The molecule has 0 bridgehead atoms. The lowest BCUT2D eigenvalue weighted by Crippen LogP contribution is -2.37. The van der Waals surface area contributed by atoms with Gasteiger partial charge in [0, 0.05) is 67.3 Å². The lowest BCUT2D eigenvalue weighted by Gasteiger charge is -2.27. The highest BCUT2D eigenvalue weighted by molar-refractivity contribution is 6.29. The van der Waals surface area contributed by atoms with Crippen molar-refractivity contribution in [2.75, 3.05) is 31.6 Å². The molecule has 0 spiro atoms. The smallest absolute Gasteiger partial charge is 0.229 e. The fraction of sp³-hybridized carbons (Fsp3) is 0.441. The summed E-state index contributed by atoms with van der Waals surface area (Å²) in [5, 5.41) is 8.59. The molecule has 4 atom stereocenters. The summed E-state index contributed by atoms with van der Waals surface area (Å²) in [5.41, 5.74) is 3.47. The molecule has 46 heavy (non-hydrogen) atoms. The average Bonchev–Trinajstić information content (AvgIpc) is 3.40. The summed E-state index contributed by atoms with van der Waals surface area (Å²) in [6.07, 6.45) is 5.02. The van der Waals surface area contributed by atoms with Crippen molar-refractivity contribution in [3.63, 3.8) is 0 Å². The van der Waals surface area contributed by atoms with Gasteiger partial charge in [-0.15, -0.1) is 0 Å². The van der Waals surface area contributed by atoms with Crippen LogP contribution in [0.25, 0.3) is 22.0 Å². The lowest BCUT2D eigenvalue weighted by atomic mass is 9.86. The van der Waals surface area contributed by atoms with E-state index in [4.69, 9.17) is 16.3 Å². The zero-order chi connectivity index (χ0) is 32.2. The molecule has 11 nitrogen and oxygen atoms in total. The van der Waals surface area contributed by atoms with Gasteiger partial charge in [-0.3, -0.25) is 24.0 Å². The number of carbonyl (C=O) groups excluding carboxylic acids is 3. The topological polar surface area (TPSA) is 132 Å². The highest BCUT2D eigenvalue weighted by Crippen LogP contribution is 2.68. The van der Waals surface area contributed by atoms with Gasteiger partial charge < -0.3 is 10.1 Å². The maximum Gasteiger partial charge on any atom is 0.229 e. The minimum Gasteiger partial charge on any atom is -0.379 e. The zero-order valence-electron chi connectivity index (χ0n) is 26.1. The molecule has 1 amide bonds. The van der Waals surface area contributed by atoms with E-state index in [1.807, 2.05) is 31.2 Å². The summed E-state index contributed by atoms with van der Waals surface area (Å²) in [6.45, 7) is 8.95. The summed E-state index contributed by atoms with van der Waals surface area (Å²) in [7, 11) is 0. The van der Waals surface area contributed by atoms with Gasteiger partial charge in [-0.1, -0.05) is 30.7 Å². The molecule has 1 aromatic carbocycles. The monoisotopic (exact) mass is 641 g/mol. The fourth-order valence-electron chi connectivity index (χ4n) is 7.30. The normalized spacial score (nSPS) is 24.1. The van der Waals surface area contributed by atoms with Crippen LogP contribution in [-0.4, -0.2) is 73.4 Å². The molecule has 1 unspecified atom stereocenters. The maximum atomic E-state index is 14.1. The number of rotatable bonds is 9. The highest BCUT2D eigenvalue weighted by Gasteiger charge is 2.65. The second-order valence-electron chi connectivity index (χ2n) is 13.1. The highest BCUT2D eigenvalue weighted by atomic mass is 35.5. The summed E-state index contributed by atoms with van der Waals surface area (Å²) in [4.78, 5) is 55.9. The second kappa shape index (κ2) is 11.9. The zero-order valence-corrected chi connectivity index (χ0v) is 26.9. The van der Waals surface area contributed by atoms with Crippen molar-refractivity contribution in [3.05, 3.63) is 65.0 Å². The molecule has 3 aromatic heterocycles. The minimum atomic E-state index is -0.504. The van der Waals surface area contributed by atoms with Crippen LogP contribution in [-0.2, 0) is 27.4 Å². The van der Waals surface area contributed by atoms with E-state index in [0.717, 1.165) is 36.2 Å². The Balaban J connectivity index is 1.13. The summed E-state index contributed by atoms with van der Waals surface area (Å²) < 4.78 is 7.08. The van der Waals surface area contributed by atoms with Crippen LogP contribution in [0, 0.1) is 30.1 Å². The van der Waals surface area contributed by atoms with Crippen molar-refractivity contribution in [3.8, 4) is 11.1 Å². The molecule has 4 heterocycles. The predicted octanol–water partition coefficient (Wildman–Crippen LogP) is 4.76. The summed E-state index contributed by atoms with van der Waals surface area (Å²) >= 11 is 6.26. The molecule has 1 saturated heterocycles. The first-order chi connectivity index (χ1) is 22.1. The third-order valence-corrected chi connectivity index (χ3v) is 10.1. The van der Waals surface area contributed by atoms with Crippen LogP contribution in [0.15, 0.2) is 42.7 Å². The van der Waals surface area contributed by atoms with Gasteiger partial charge in [0.25, 0.3) is 0 Å². The van der Waals surface area contributed by atoms with E-state index in [1.165, 1.54) is 6.92 Å². The number of hydrogen-bond acceptors (Lipinski definition) is 9. The Kier molecular flexibility index (Phi) is 7.94. The van der Waals surface area contributed by atoms with Crippen LogP contribution >= 0.6 is 11.6 Å². The van der Waals surface area contributed by atoms with Crippen LogP contribution in [0.1, 0.15) is 48.6 Å². The third kappa shape index (κ3) is 5.83. The number of ketones is 2. The molecule has 3 aliphatic rings. The van der Waals surface area contributed by atoms with Crippen molar-refractivity contribution in [2.45, 2.75) is 46.7 Å². The average molecular weight is 642 g/mol. The molecule has 2 saturated carbocycles. The number of Topliss-reactive ketones (excluding diaryl/α,β-unsaturated/α-hetero) is 2. The molecular weight excluding hydrogens is 606 g/mol. The number of halogens is 1. The molecule has 1 aliphatic heterocycles. The Morgan fingerprint density at radius 2 is 1.83 bits per heavy atom. The summed E-state index contributed by atoms with van der Waals surface area (Å²) in [6, 6.07) is 9.30. The van der Waals surface area contributed by atoms with E-state index < -0.39 is 11.8 Å². The molecule has 3 fully saturated rings. The first-order valence-corrected chi connectivity index (χ1v) is 16.1. The maximum absolute atomic E-state index is 14.1. The van der Waals surface area contributed by atoms with Gasteiger partial charge in [0.1, 0.15) is 29.0 Å². The molecule has 238 valence electrons. The van der Waals surface area contributed by atoms with Crippen molar-refractivity contribution in [2.24, 2.45) is 23.2 Å². The lowest BCUT2D eigenvalue weighted by molar-refractivity contribution is -0.131. The standard InChI is InChI=1S/C34H36ClN7O4/c1-19(43)31-24-12-21(23-15-36-20(2)37-16-23)4-6-27(24)42(40-31)18-28(44)30-25(13-34(3)14-26(30)34)33(45)39-32-22(5-7-29(35)38-32)17-41-8-10-46-11-9-41/h4-7,12,15-16,25-26,30H,8-11,13-14,17-18H2,1-3H3,(H,38,39,45)/t25-,26+,30?,34+/m1/s1. The van der Waals surface area contributed by atoms with Crippen LogP contribution in [0.4, 0.5) is 5.82 Å². The van der Waals surface area contributed by atoms with E-state index >= 15 is 0 Å². The molecule has 1 N–H and O–H groups in total. The molecule has 4 aromatic rings. The van der Waals surface area contributed by atoms with Crippen LogP contribution in [0.3, 0.4) is 0 Å². The number of amides is 1. The number of aryl methyl sites for hydroxylation is 1. The number of nitrogens with one attached hydrogen (secondary N) is 1. The van der Waals surface area contributed by atoms with Gasteiger partial charge in [0.15, 0.2) is 11.6 Å². The number of nitrogens with zero attached hydrogens (tertiary/aromatic N) is 6. The summed E-state index contributed by atoms with van der Waals surface area (Å²) in [5.74, 6) is -0.213. The Hall–Kier alpha value is -4.06. The number of aromatic nitrogens is 5. The van der Waals surface area contributed by atoms with E-state index in [2.05, 4.69) is 37.2 Å². The Bertz CT molecular complexity index is 1850. The first-order valence-electron chi connectivity index (χ1n) is 15.7. The van der Waals surface area contributed by atoms with Gasteiger partial charge in [-0.05, 0) is 54.9 Å². The first kappa shape index (κ1) is 30.6. The van der Waals surface area contributed by atoms with E-state index in [9.17, 15) is 14.4 Å². The Morgan fingerprint density at radius 3 is 2.57 bits per heavy atom. The number of anilines is 1. The number of morpholine rings is 1. The number of ether oxygens (including phenoxy) is 1. The van der Waals surface area contributed by atoms with Gasteiger partial charge in [-0.2, -0.15) is 5.10 Å². The van der Waals surface area contributed by atoms with E-state index in [0.29, 0.717) is 59.6 Å². The number of pyridine rings is 1. The van der Waals surface area contributed by atoms with Gasteiger partial charge in [0.2, 0.25) is 5.91 Å². The SMILES string of the molecule is CC(=O)c1nn(CC(=O)C2[C@H](C(=O)Nc3nc(Cl)ccc3CN3CCOCC3)C[C@@]3(C)C[C@@H]23)c2ccc(-c3cnc(C)nc3)cc12. The molecule has 0 radical (unpaired) electrons. The predicted molar refractivity (Wildman–Crippen MR) is 172 cm³/mol. The van der Waals surface area contributed by atoms with Crippen molar-refractivity contribution >= 4 is 45.8 Å². The van der Waals surface area contributed by atoms with Gasteiger partial charge in [-0.25, -0.2) is 15.0 Å². The fourth-order valence-corrected chi connectivity index (χ4v) is 7.44. The number of hydrogen-bond donors (Lipinski definition) is 1. The van der Waals surface area contributed by atoms with Crippen molar-refractivity contribution in [1.29, 1.82) is 0 Å². The second-order valence-corrected chi connectivity index (χ2v) is 13.5. The largest absolute Gasteiger partial charge is 0.379 e. The van der Waals surface area contributed by atoms with E-state index in [1.54, 1.807) is 23.1 Å². The molecule has 12 heteroatoms. The van der Waals surface area contributed by atoms with E-state index in [-0.39, 0.29) is 35.4 Å². The molecule has 2 aliphatic carbocycles. The number of fused-ring (bicyclic) bond motifs is 2. The Labute approximate surface area is 271 Å². The number of benzene rings is 1. The van der Waals surface area contributed by atoms with Crippen LogP contribution in [0.2, 0.25) is 5.15 Å². The van der Waals surface area contributed by atoms with Crippen LogP contribution in [0.5, 0.6) is 0 Å². The third-order valence-electron chi connectivity index (χ3n) is 9.87. The minimum absolute atomic E-state index is 0.0322. The Morgan fingerprint density at radius 1 is 1.07 bits per heavy atom. The van der Waals surface area contributed by atoms with Crippen molar-refractivity contribution in [1.82, 2.24) is 29.6 Å².